The first-order valence-corrected chi connectivity index (χ1v) is 10.6. The Morgan fingerprint density at radius 2 is 1.34 bits per heavy atom. The Kier molecular flexibility index (Phi) is 5.70. The highest BCUT2D eigenvalue weighted by atomic mass is 16.5. The Hall–Kier alpha value is -2.62. The zero-order valence-corrected chi connectivity index (χ0v) is 16.7. The molecule has 2 aliphatic carbocycles. The number of carboxylic acids is 1. The van der Waals surface area contributed by atoms with Gasteiger partial charge in [-0.25, -0.2) is 0 Å². The highest BCUT2D eigenvalue weighted by Crippen LogP contribution is 2.58. The largest absolute Gasteiger partial charge is 0.481 e. The molecule has 0 saturated heterocycles. The third-order valence-corrected chi connectivity index (χ3v) is 6.77. The van der Waals surface area contributed by atoms with Gasteiger partial charge < -0.3 is 9.84 Å². The van der Waals surface area contributed by atoms with Crippen LogP contribution in [0.15, 0.2) is 60.7 Å². The van der Waals surface area contributed by atoms with Gasteiger partial charge in [-0.2, -0.15) is 0 Å². The lowest BCUT2D eigenvalue weighted by molar-refractivity contribution is -0.171. The number of carbonyl (C=O) groups is 2. The Morgan fingerprint density at radius 1 is 0.828 bits per heavy atom. The van der Waals surface area contributed by atoms with Crippen molar-refractivity contribution in [2.24, 2.45) is 17.8 Å². The topological polar surface area (TPSA) is 63.6 Å². The minimum atomic E-state index is -0.859. The van der Waals surface area contributed by atoms with Crippen LogP contribution in [0.2, 0.25) is 0 Å². The third-order valence-electron chi connectivity index (χ3n) is 6.77. The number of benzene rings is 2. The summed E-state index contributed by atoms with van der Waals surface area (Å²) in [6.45, 7) is 2.14. The zero-order valence-electron chi connectivity index (χ0n) is 16.7. The first-order valence-electron chi connectivity index (χ1n) is 10.6. The van der Waals surface area contributed by atoms with Gasteiger partial charge in [0.2, 0.25) is 0 Å². The minimum Gasteiger partial charge on any atom is -0.481 e. The summed E-state index contributed by atoms with van der Waals surface area (Å²) in [6.07, 6.45) is 4.17. The molecule has 2 saturated carbocycles. The molecule has 0 aliphatic heterocycles. The van der Waals surface area contributed by atoms with E-state index >= 15 is 0 Å². The van der Waals surface area contributed by atoms with Crippen molar-refractivity contribution in [2.75, 3.05) is 0 Å². The van der Waals surface area contributed by atoms with Crippen molar-refractivity contribution in [3.63, 3.8) is 0 Å². The SMILES string of the molecule is C[C@@H]1CCCC[C@H]1OC(=O)[C@H]1[C@@H](c2ccccc2)[C@H](C(=O)O)[C@@H]1c1ccccc1. The Balaban J connectivity index is 1.67. The molecule has 0 unspecified atom stereocenters. The van der Waals surface area contributed by atoms with Crippen LogP contribution in [0, 0.1) is 17.8 Å². The van der Waals surface area contributed by atoms with Crippen molar-refractivity contribution in [1.82, 2.24) is 0 Å². The number of aliphatic carboxylic acids is 1. The number of hydrogen-bond acceptors (Lipinski definition) is 3. The Bertz CT molecular complexity index is 800. The van der Waals surface area contributed by atoms with Gasteiger partial charge in [0, 0.05) is 11.8 Å². The van der Waals surface area contributed by atoms with Gasteiger partial charge in [0.05, 0.1) is 11.8 Å². The summed E-state index contributed by atoms with van der Waals surface area (Å²) in [6, 6.07) is 19.1. The van der Waals surface area contributed by atoms with E-state index in [0.29, 0.717) is 5.92 Å². The lowest BCUT2D eigenvalue weighted by Crippen LogP contribution is -2.52. The van der Waals surface area contributed by atoms with Gasteiger partial charge in [0.15, 0.2) is 0 Å². The smallest absolute Gasteiger partial charge is 0.310 e. The molecule has 2 aromatic rings. The molecule has 4 atom stereocenters. The third kappa shape index (κ3) is 3.81. The lowest BCUT2D eigenvalue weighted by atomic mass is 9.52. The van der Waals surface area contributed by atoms with Gasteiger partial charge in [0.1, 0.15) is 6.10 Å². The van der Waals surface area contributed by atoms with E-state index in [1.54, 1.807) is 0 Å². The van der Waals surface area contributed by atoms with Crippen molar-refractivity contribution in [3.05, 3.63) is 71.8 Å². The van der Waals surface area contributed by atoms with Crippen LogP contribution >= 0.6 is 0 Å². The maximum Gasteiger partial charge on any atom is 0.310 e. The number of carbonyl (C=O) groups excluding carboxylic acids is 1. The first kappa shape index (κ1) is 19.7. The molecule has 2 aliphatic rings. The zero-order chi connectivity index (χ0) is 20.4. The standard InChI is InChI=1S/C25H28O4/c1-16-10-8-9-15-19(16)29-25(28)23-20(17-11-4-2-5-12-17)22(24(26)27)21(23)18-13-6-3-7-14-18/h2-7,11-14,16,19-23H,8-10,15H2,1H3,(H,26,27)/t16-,19-,20+,21+,22-,23-/m1/s1. The van der Waals surface area contributed by atoms with Gasteiger partial charge in [-0.15, -0.1) is 0 Å². The molecule has 4 rings (SSSR count). The van der Waals surface area contributed by atoms with E-state index in [4.69, 9.17) is 4.74 Å². The van der Waals surface area contributed by atoms with Gasteiger partial charge in [-0.05, 0) is 36.3 Å². The van der Waals surface area contributed by atoms with E-state index in [2.05, 4.69) is 6.92 Å². The molecule has 2 aromatic carbocycles. The first-order chi connectivity index (χ1) is 14.1. The molecule has 152 valence electrons. The summed E-state index contributed by atoms with van der Waals surface area (Å²) in [7, 11) is 0. The van der Waals surface area contributed by atoms with E-state index in [1.807, 2.05) is 60.7 Å². The summed E-state index contributed by atoms with van der Waals surface area (Å²) in [5.41, 5.74) is 1.79. The van der Waals surface area contributed by atoms with Crippen LogP contribution < -0.4 is 0 Å². The molecule has 0 radical (unpaired) electrons. The van der Waals surface area contributed by atoms with Gasteiger partial charge >= 0.3 is 11.9 Å². The van der Waals surface area contributed by atoms with E-state index in [-0.39, 0.29) is 23.9 Å². The second kappa shape index (κ2) is 8.40. The monoisotopic (exact) mass is 392 g/mol. The fourth-order valence-corrected chi connectivity index (χ4v) is 5.21. The van der Waals surface area contributed by atoms with Crippen molar-refractivity contribution < 1.29 is 19.4 Å². The fraction of sp³-hybridized carbons (Fsp3) is 0.440. The van der Waals surface area contributed by atoms with Crippen molar-refractivity contribution in [2.45, 2.75) is 50.5 Å². The molecule has 4 nitrogen and oxygen atoms in total. The average Bonchev–Trinajstić information content (AvgIpc) is 2.70. The van der Waals surface area contributed by atoms with Crippen molar-refractivity contribution in [3.8, 4) is 0 Å². The van der Waals surface area contributed by atoms with Gasteiger partial charge in [0.25, 0.3) is 0 Å². The number of esters is 1. The van der Waals surface area contributed by atoms with E-state index < -0.39 is 17.8 Å². The summed E-state index contributed by atoms with van der Waals surface area (Å²) in [4.78, 5) is 25.6. The van der Waals surface area contributed by atoms with E-state index in [0.717, 1.165) is 30.4 Å². The quantitative estimate of drug-likeness (QED) is 0.727. The lowest BCUT2D eigenvalue weighted by Gasteiger charge is -2.49. The molecule has 2 fully saturated rings. The molecular formula is C25H28O4. The number of carboxylic acid groups (broad SMARTS) is 1. The number of hydrogen-bond donors (Lipinski definition) is 1. The maximum atomic E-state index is 13.4. The second-order valence-electron chi connectivity index (χ2n) is 8.50. The Labute approximate surface area is 171 Å². The summed E-state index contributed by atoms with van der Waals surface area (Å²) in [5, 5.41) is 10.0. The molecule has 29 heavy (non-hydrogen) atoms. The molecule has 4 heteroatoms. The van der Waals surface area contributed by atoms with Gasteiger partial charge in [-0.1, -0.05) is 74.0 Å². The number of ether oxygens (including phenoxy) is 1. The maximum absolute atomic E-state index is 13.4. The summed E-state index contributed by atoms with van der Waals surface area (Å²) < 4.78 is 6.01. The van der Waals surface area contributed by atoms with Crippen LogP contribution in [-0.4, -0.2) is 23.1 Å². The molecule has 0 amide bonds. The van der Waals surface area contributed by atoms with Crippen molar-refractivity contribution in [1.29, 1.82) is 0 Å². The molecule has 0 heterocycles. The van der Waals surface area contributed by atoms with E-state index in [9.17, 15) is 14.7 Å². The summed E-state index contributed by atoms with van der Waals surface area (Å²) >= 11 is 0. The number of rotatable bonds is 5. The normalized spacial score (nSPS) is 31.5. The van der Waals surface area contributed by atoms with Crippen LogP contribution in [0.1, 0.15) is 55.6 Å². The van der Waals surface area contributed by atoms with Crippen LogP contribution in [0.25, 0.3) is 0 Å². The van der Waals surface area contributed by atoms with Crippen LogP contribution in [0.4, 0.5) is 0 Å². The molecule has 1 N–H and O–H groups in total. The van der Waals surface area contributed by atoms with Crippen LogP contribution in [0.3, 0.4) is 0 Å². The van der Waals surface area contributed by atoms with E-state index in [1.165, 1.54) is 6.42 Å². The molecule has 0 aromatic heterocycles. The summed E-state index contributed by atoms with van der Waals surface area (Å²) in [5.74, 6) is -2.60. The van der Waals surface area contributed by atoms with Crippen molar-refractivity contribution >= 4 is 11.9 Å². The van der Waals surface area contributed by atoms with Gasteiger partial charge in [-0.3, -0.25) is 9.59 Å². The highest BCUT2D eigenvalue weighted by molar-refractivity contribution is 5.84. The van der Waals surface area contributed by atoms with Crippen LogP contribution in [0.5, 0.6) is 0 Å². The predicted octanol–water partition coefficient (Wildman–Crippen LogP) is 5.01. The molecule has 0 spiro atoms. The minimum absolute atomic E-state index is 0.0621. The second-order valence-corrected chi connectivity index (χ2v) is 8.50. The fourth-order valence-electron chi connectivity index (χ4n) is 5.21. The van der Waals surface area contributed by atoms with Crippen LogP contribution in [-0.2, 0) is 14.3 Å². The highest BCUT2D eigenvalue weighted by Gasteiger charge is 2.59. The Morgan fingerprint density at radius 3 is 1.83 bits per heavy atom. The predicted molar refractivity (Wildman–Crippen MR) is 110 cm³/mol. The average molecular weight is 392 g/mol. The molecule has 0 bridgehead atoms. The molecular weight excluding hydrogens is 364 g/mol.